The van der Waals surface area contributed by atoms with E-state index in [9.17, 15) is 13.2 Å². The Morgan fingerprint density at radius 1 is 1.15 bits per heavy atom. The Labute approximate surface area is 159 Å². The zero-order valence-electron chi connectivity index (χ0n) is 15.6. The summed E-state index contributed by atoms with van der Waals surface area (Å²) >= 11 is 0. The van der Waals surface area contributed by atoms with Crippen molar-refractivity contribution in [2.75, 3.05) is 38.6 Å². The highest BCUT2D eigenvalue weighted by molar-refractivity contribution is 7.89. The van der Waals surface area contributed by atoms with E-state index in [0.717, 1.165) is 5.56 Å². The van der Waals surface area contributed by atoms with Gasteiger partial charge in [-0.1, -0.05) is 6.07 Å². The zero-order chi connectivity index (χ0) is 19.4. The maximum atomic E-state index is 12.5. The van der Waals surface area contributed by atoms with Gasteiger partial charge in [0.2, 0.25) is 15.9 Å². The van der Waals surface area contributed by atoms with Gasteiger partial charge in [-0.2, -0.15) is 4.31 Å². The van der Waals surface area contributed by atoms with E-state index in [0.29, 0.717) is 37.8 Å². The summed E-state index contributed by atoms with van der Waals surface area (Å²) < 4.78 is 42.9. The SMILES string of the molecule is C[C@@H]1CN(S(=O)(=O)CCNC(=O)Cc2ccc3c(c2)OCCO3)C[C@@H](C)O1. The van der Waals surface area contributed by atoms with Crippen molar-refractivity contribution in [3.8, 4) is 11.5 Å². The molecule has 1 fully saturated rings. The van der Waals surface area contributed by atoms with Crippen LogP contribution in [0.5, 0.6) is 11.5 Å². The first-order valence-electron chi connectivity index (χ1n) is 9.12. The number of carbonyl (C=O) groups is 1. The van der Waals surface area contributed by atoms with Crippen molar-refractivity contribution in [3.63, 3.8) is 0 Å². The highest BCUT2D eigenvalue weighted by Crippen LogP contribution is 2.30. The Balaban J connectivity index is 1.48. The van der Waals surface area contributed by atoms with E-state index >= 15 is 0 Å². The number of ether oxygens (including phenoxy) is 3. The van der Waals surface area contributed by atoms with Gasteiger partial charge < -0.3 is 19.5 Å². The van der Waals surface area contributed by atoms with Gasteiger partial charge in [0.15, 0.2) is 11.5 Å². The van der Waals surface area contributed by atoms with E-state index in [1.807, 2.05) is 13.8 Å². The standard InChI is InChI=1S/C18H26N2O6S/c1-13-11-20(12-14(2)26-13)27(22,23)8-5-19-18(21)10-15-3-4-16-17(9-15)25-7-6-24-16/h3-4,9,13-14H,5-8,10-12H2,1-2H3,(H,19,21)/t13-,14-/m1/s1. The lowest BCUT2D eigenvalue weighted by Gasteiger charge is -2.34. The predicted molar refractivity (Wildman–Crippen MR) is 99.5 cm³/mol. The molecule has 0 bridgehead atoms. The van der Waals surface area contributed by atoms with Gasteiger partial charge in [-0.15, -0.1) is 0 Å². The van der Waals surface area contributed by atoms with E-state index in [1.165, 1.54) is 4.31 Å². The molecule has 0 spiro atoms. The summed E-state index contributed by atoms with van der Waals surface area (Å²) in [5.74, 6) is 0.944. The molecule has 0 radical (unpaired) electrons. The maximum absolute atomic E-state index is 12.5. The molecule has 0 aliphatic carbocycles. The number of carbonyl (C=O) groups excluding carboxylic acids is 1. The molecular weight excluding hydrogens is 372 g/mol. The van der Waals surface area contributed by atoms with Gasteiger partial charge >= 0.3 is 0 Å². The average molecular weight is 398 g/mol. The van der Waals surface area contributed by atoms with Crippen molar-refractivity contribution >= 4 is 15.9 Å². The topological polar surface area (TPSA) is 94.2 Å². The molecule has 1 aromatic rings. The first-order chi connectivity index (χ1) is 12.8. The number of hydrogen-bond donors (Lipinski definition) is 1. The van der Waals surface area contributed by atoms with Gasteiger partial charge in [0, 0.05) is 19.6 Å². The summed E-state index contributed by atoms with van der Waals surface area (Å²) in [5, 5.41) is 2.68. The molecular formula is C18H26N2O6S. The quantitative estimate of drug-likeness (QED) is 0.752. The number of hydrogen-bond acceptors (Lipinski definition) is 6. The molecule has 2 heterocycles. The smallest absolute Gasteiger partial charge is 0.224 e. The van der Waals surface area contributed by atoms with Gasteiger partial charge in [0.05, 0.1) is 24.4 Å². The number of sulfonamides is 1. The fourth-order valence-corrected chi connectivity index (χ4v) is 4.74. The van der Waals surface area contributed by atoms with Crippen LogP contribution in [0.15, 0.2) is 18.2 Å². The van der Waals surface area contributed by atoms with Crippen LogP contribution in [-0.2, 0) is 26.0 Å². The molecule has 150 valence electrons. The minimum atomic E-state index is -3.43. The first kappa shape index (κ1) is 19.9. The number of fused-ring (bicyclic) bond motifs is 1. The molecule has 1 saturated heterocycles. The van der Waals surface area contributed by atoms with Crippen LogP contribution in [-0.4, -0.2) is 69.4 Å². The number of amides is 1. The fraction of sp³-hybridized carbons (Fsp3) is 0.611. The van der Waals surface area contributed by atoms with Crippen LogP contribution in [0.25, 0.3) is 0 Å². The lowest BCUT2D eigenvalue weighted by atomic mass is 10.1. The molecule has 27 heavy (non-hydrogen) atoms. The molecule has 2 atom stereocenters. The van der Waals surface area contributed by atoms with Gasteiger partial charge in [0.1, 0.15) is 13.2 Å². The normalized spacial score (nSPS) is 23.0. The number of benzene rings is 1. The minimum absolute atomic E-state index is 0.0752. The Morgan fingerprint density at radius 3 is 2.52 bits per heavy atom. The third-order valence-electron chi connectivity index (χ3n) is 4.43. The van der Waals surface area contributed by atoms with Crippen LogP contribution in [0.2, 0.25) is 0 Å². The Morgan fingerprint density at radius 2 is 1.81 bits per heavy atom. The van der Waals surface area contributed by atoms with Crippen molar-refractivity contribution in [1.82, 2.24) is 9.62 Å². The highest BCUT2D eigenvalue weighted by atomic mass is 32.2. The number of nitrogens with one attached hydrogen (secondary N) is 1. The van der Waals surface area contributed by atoms with Crippen molar-refractivity contribution in [2.45, 2.75) is 32.5 Å². The molecule has 0 aromatic heterocycles. The number of nitrogens with zero attached hydrogens (tertiary/aromatic N) is 1. The van der Waals surface area contributed by atoms with Crippen LogP contribution >= 0.6 is 0 Å². The lowest BCUT2D eigenvalue weighted by molar-refractivity contribution is -0.120. The molecule has 8 nitrogen and oxygen atoms in total. The molecule has 3 rings (SSSR count). The van der Waals surface area contributed by atoms with Gasteiger partial charge in [0.25, 0.3) is 0 Å². The molecule has 1 aromatic carbocycles. The predicted octanol–water partition coefficient (Wildman–Crippen LogP) is 0.556. The number of rotatable bonds is 6. The third kappa shape index (κ3) is 5.33. The molecule has 1 amide bonds. The van der Waals surface area contributed by atoms with E-state index in [-0.39, 0.29) is 36.8 Å². The minimum Gasteiger partial charge on any atom is -0.486 e. The van der Waals surface area contributed by atoms with Crippen LogP contribution in [0, 0.1) is 0 Å². The summed E-state index contributed by atoms with van der Waals surface area (Å²) in [6, 6.07) is 5.37. The lowest BCUT2D eigenvalue weighted by Crippen LogP contribution is -2.49. The Hall–Kier alpha value is -1.84. The van der Waals surface area contributed by atoms with Crippen molar-refractivity contribution < 1.29 is 27.4 Å². The van der Waals surface area contributed by atoms with E-state index in [4.69, 9.17) is 14.2 Å². The second kappa shape index (κ2) is 8.45. The van der Waals surface area contributed by atoms with E-state index in [2.05, 4.69) is 5.32 Å². The first-order valence-corrected chi connectivity index (χ1v) is 10.7. The molecule has 9 heteroatoms. The maximum Gasteiger partial charge on any atom is 0.224 e. The zero-order valence-corrected chi connectivity index (χ0v) is 16.5. The van der Waals surface area contributed by atoms with E-state index < -0.39 is 10.0 Å². The third-order valence-corrected chi connectivity index (χ3v) is 6.24. The van der Waals surface area contributed by atoms with Crippen LogP contribution in [0.1, 0.15) is 19.4 Å². The van der Waals surface area contributed by atoms with Gasteiger partial charge in [-0.25, -0.2) is 8.42 Å². The highest BCUT2D eigenvalue weighted by Gasteiger charge is 2.30. The fourth-order valence-electron chi connectivity index (χ4n) is 3.25. The summed E-state index contributed by atoms with van der Waals surface area (Å²) in [4.78, 5) is 12.1. The molecule has 1 N–H and O–H groups in total. The molecule has 2 aliphatic rings. The average Bonchev–Trinajstić information content (AvgIpc) is 2.60. The van der Waals surface area contributed by atoms with Gasteiger partial charge in [-0.3, -0.25) is 4.79 Å². The molecule has 2 aliphatic heterocycles. The largest absolute Gasteiger partial charge is 0.486 e. The Bertz CT molecular complexity index is 772. The molecule has 0 saturated carbocycles. The monoisotopic (exact) mass is 398 g/mol. The summed E-state index contributed by atoms with van der Waals surface area (Å²) in [6.07, 6.45) is -0.107. The molecule has 0 unspecified atom stereocenters. The van der Waals surface area contributed by atoms with Crippen molar-refractivity contribution in [1.29, 1.82) is 0 Å². The summed E-state index contributed by atoms with van der Waals surface area (Å²) in [6.45, 7) is 5.48. The summed E-state index contributed by atoms with van der Waals surface area (Å²) in [5.41, 5.74) is 0.787. The van der Waals surface area contributed by atoms with Crippen molar-refractivity contribution in [2.24, 2.45) is 0 Å². The van der Waals surface area contributed by atoms with Crippen LogP contribution in [0.3, 0.4) is 0 Å². The van der Waals surface area contributed by atoms with Crippen LogP contribution in [0.4, 0.5) is 0 Å². The second-order valence-electron chi connectivity index (χ2n) is 6.90. The van der Waals surface area contributed by atoms with Gasteiger partial charge in [-0.05, 0) is 31.5 Å². The second-order valence-corrected chi connectivity index (χ2v) is 8.98. The van der Waals surface area contributed by atoms with Crippen LogP contribution < -0.4 is 14.8 Å². The summed E-state index contributed by atoms with van der Waals surface area (Å²) in [7, 11) is -3.43. The Kier molecular flexibility index (Phi) is 6.23. The number of morpholine rings is 1. The van der Waals surface area contributed by atoms with Crippen molar-refractivity contribution in [3.05, 3.63) is 23.8 Å². The van der Waals surface area contributed by atoms with E-state index in [1.54, 1.807) is 18.2 Å².